The molecule has 15 heavy (non-hydrogen) atoms. The van der Waals surface area contributed by atoms with Crippen LogP contribution in [-0.4, -0.2) is 16.6 Å². The number of rotatable bonds is 1. The first-order valence-electron chi connectivity index (χ1n) is 4.68. The first-order chi connectivity index (χ1) is 6.88. The lowest BCUT2D eigenvalue weighted by atomic mass is 10.1. The molecule has 1 aromatic rings. The van der Waals surface area contributed by atoms with E-state index in [9.17, 15) is 4.79 Å². The number of hydrogen-bond acceptors (Lipinski definition) is 3. The molecule has 0 radical (unpaired) electrons. The van der Waals surface area contributed by atoms with Crippen LogP contribution < -0.4 is 16.4 Å². The minimum atomic E-state index is -0.312. The van der Waals surface area contributed by atoms with Crippen LogP contribution in [0.3, 0.4) is 0 Å². The van der Waals surface area contributed by atoms with Gasteiger partial charge in [0.1, 0.15) is 0 Å². The van der Waals surface area contributed by atoms with E-state index in [4.69, 9.17) is 5.73 Å². The molecule has 1 aromatic heterocycles. The average Bonchev–Trinajstić information content (AvgIpc) is 2.05. The molecule has 4 N–H and O–H groups in total. The van der Waals surface area contributed by atoms with E-state index in [-0.39, 0.29) is 11.6 Å². The summed E-state index contributed by atoms with van der Waals surface area (Å²) in [6.45, 7) is 5.69. The lowest BCUT2D eigenvalue weighted by Crippen LogP contribution is -2.43. The lowest BCUT2D eigenvalue weighted by molar-refractivity contribution is 0.243. The number of nitrogens with zero attached hydrogens (tertiary/aromatic N) is 1. The van der Waals surface area contributed by atoms with Gasteiger partial charge in [-0.1, -0.05) is 0 Å². The van der Waals surface area contributed by atoms with Gasteiger partial charge in [-0.15, -0.1) is 0 Å². The summed E-state index contributed by atoms with van der Waals surface area (Å²) < 4.78 is 0. The van der Waals surface area contributed by atoms with Gasteiger partial charge in [0.2, 0.25) is 0 Å². The summed E-state index contributed by atoms with van der Waals surface area (Å²) in [6.07, 6.45) is 1.57. The number of carbonyl (C=O) groups is 1. The Kier molecular flexibility index (Phi) is 3.14. The highest BCUT2D eigenvalue weighted by Gasteiger charge is 2.14. The largest absolute Gasteiger partial charge is 0.396 e. The Morgan fingerprint density at radius 3 is 2.67 bits per heavy atom. The van der Waals surface area contributed by atoms with Gasteiger partial charge in [-0.05, 0) is 32.9 Å². The fourth-order valence-electron chi connectivity index (χ4n) is 1.00. The highest BCUT2D eigenvalue weighted by atomic mass is 16.2. The Balaban J connectivity index is 2.64. The predicted molar refractivity (Wildman–Crippen MR) is 60.6 cm³/mol. The van der Waals surface area contributed by atoms with Gasteiger partial charge in [0.05, 0.1) is 5.69 Å². The SMILES string of the molecule is CC(C)(C)NC(=O)Nc1ncccc1N. The fraction of sp³-hybridized carbons (Fsp3) is 0.400. The molecule has 2 amide bonds. The molecule has 0 atom stereocenters. The van der Waals surface area contributed by atoms with Gasteiger partial charge in [-0.3, -0.25) is 5.32 Å². The number of urea groups is 1. The van der Waals surface area contributed by atoms with Crippen LogP contribution in [0.5, 0.6) is 0 Å². The van der Waals surface area contributed by atoms with Crippen molar-refractivity contribution in [1.29, 1.82) is 0 Å². The van der Waals surface area contributed by atoms with Crippen molar-refractivity contribution in [2.75, 3.05) is 11.1 Å². The maximum absolute atomic E-state index is 11.5. The summed E-state index contributed by atoms with van der Waals surface area (Å²) >= 11 is 0. The normalized spacial score (nSPS) is 10.9. The van der Waals surface area contributed by atoms with Crippen LogP contribution >= 0.6 is 0 Å². The lowest BCUT2D eigenvalue weighted by Gasteiger charge is -2.20. The molecule has 1 heterocycles. The molecule has 0 spiro atoms. The molecule has 0 saturated heterocycles. The Morgan fingerprint density at radius 1 is 1.47 bits per heavy atom. The highest BCUT2D eigenvalue weighted by molar-refractivity contribution is 5.91. The van der Waals surface area contributed by atoms with Gasteiger partial charge in [0.25, 0.3) is 0 Å². The zero-order valence-electron chi connectivity index (χ0n) is 9.16. The van der Waals surface area contributed by atoms with E-state index in [2.05, 4.69) is 15.6 Å². The van der Waals surface area contributed by atoms with Crippen LogP contribution in [-0.2, 0) is 0 Å². The summed E-state index contributed by atoms with van der Waals surface area (Å²) in [5.74, 6) is 0.374. The first-order valence-corrected chi connectivity index (χ1v) is 4.68. The van der Waals surface area contributed by atoms with E-state index in [1.807, 2.05) is 20.8 Å². The number of nitrogens with one attached hydrogen (secondary N) is 2. The van der Waals surface area contributed by atoms with E-state index in [0.717, 1.165) is 0 Å². The summed E-state index contributed by atoms with van der Waals surface area (Å²) in [5.41, 5.74) is 5.79. The van der Waals surface area contributed by atoms with Crippen LogP contribution in [0.15, 0.2) is 18.3 Å². The minimum Gasteiger partial charge on any atom is -0.396 e. The van der Waals surface area contributed by atoms with E-state index in [0.29, 0.717) is 11.5 Å². The third-order valence-electron chi connectivity index (χ3n) is 1.56. The van der Waals surface area contributed by atoms with Gasteiger partial charge < -0.3 is 11.1 Å². The molecule has 0 aliphatic carbocycles. The predicted octanol–water partition coefficient (Wildman–Crippen LogP) is 1.58. The van der Waals surface area contributed by atoms with Crippen molar-refractivity contribution in [3.8, 4) is 0 Å². The van der Waals surface area contributed by atoms with Gasteiger partial charge in [-0.25, -0.2) is 9.78 Å². The van der Waals surface area contributed by atoms with Crippen molar-refractivity contribution in [3.05, 3.63) is 18.3 Å². The van der Waals surface area contributed by atoms with Crippen LogP contribution in [0.2, 0.25) is 0 Å². The number of carbonyl (C=O) groups excluding carboxylic acids is 1. The second-order valence-electron chi connectivity index (χ2n) is 4.27. The van der Waals surface area contributed by atoms with Gasteiger partial charge >= 0.3 is 6.03 Å². The molecule has 0 saturated carbocycles. The van der Waals surface area contributed by atoms with Crippen molar-refractivity contribution in [3.63, 3.8) is 0 Å². The maximum atomic E-state index is 11.5. The van der Waals surface area contributed by atoms with Crippen LogP contribution in [0, 0.1) is 0 Å². The molecule has 0 bridgehead atoms. The third kappa shape index (κ3) is 3.84. The maximum Gasteiger partial charge on any atom is 0.320 e. The topological polar surface area (TPSA) is 80.0 Å². The van der Waals surface area contributed by atoms with Crippen LogP contribution in [0.1, 0.15) is 20.8 Å². The van der Waals surface area contributed by atoms with Crippen LogP contribution in [0.4, 0.5) is 16.3 Å². The van der Waals surface area contributed by atoms with Crippen molar-refractivity contribution in [1.82, 2.24) is 10.3 Å². The smallest absolute Gasteiger partial charge is 0.320 e. The number of amides is 2. The molecule has 0 aromatic carbocycles. The number of pyridine rings is 1. The molecule has 1 rings (SSSR count). The Hall–Kier alpha value is -1.78. The number of nitrogens with two attached hydrogens (primary N) is 1. The van der Waals surface area contributed by atoms with Gasteiger partial charge in [0.15, 0.2) is 5.82 Å². The molecule has 5 heteroatoms. The van der Waals surface area contributed by atoms with E-state index in [1.54, 1.807) is 18.3 Å². The van der Waals surface area contributed by atoms with E-state index >= 15 is 0 Å². The average molecular weight is 208 g/mol. The highest BCUT2D eigenvalue weighted by Crippen LogP contribution is 2.12. The molecule has 0 fully saturated rings. The zero-order valence-corrected chi connectivity index (χ0v) is 9.16. The summed E-state index contributed by atoms with van der Waals surface area (Å²) in [4.78, 5) is 15.4. The molecule has 0 aliphatic heterocycles. The molecular formula is C10H16N4O. The van der Waals surface area contributed by atoms with Crippen molar-refractivity contribution >= 4 is 17.5 Å². The molecule has 0 aliphatic rings. The number of anilines is 2. The number of aromatic nitrogens is 1. The first kappa shape index (κ1) is 11.3. The van der Waals surface area contributed by atoms with Gasteiger partial charge in [-0.2, -0.15) is 0 Å². The van der Waals surface area contributed by atoms with E-state index in [1.165, 1.54) is 0 Å². The van der Waals surface area contributed by atoms with Crippen LogP contribution in [0.25, 0.3) is 0 Å². The van der Waals surface area contributed by atoms with Crippen molar-refractivity contribution in [2.24, 2.45) is 0 Å². The summed E-state index contributed by atoms with van der Waals surface area (Å²) in [7, 11) is 0. The molecule has 82 valence electrons. The zero-order chi connectivity index (χ0) is 11.5. The molecular weight excluding hydrogens is 192 g/mol. The molecule has 0 unspecified atom stereocenters. The Bertz CT molecular complexity index is 357. The van der Waals surface area contributed by atoms with E-state index < -0.39 is 0 Å². The second-order valence-corrected chi connectivity index (χ2v) is 4.27. The Labute approximate surface area is 89.1 Å². The number of hydrogen-bond donors (Lipinski definition) is 3. The van der Waals surface area contributed by atoms with Gasteiger partial charge in [0, 0.05) is 11.7 Å². The van der Waals surface area contributed by atoms with Crippen molar-refractivity contribution in [2.45, 2.75) is 26.3 Å². The second kappa shape index (κ2) is 4.16. The fourth-order valence-corrected chi connectivity index (χ4v) is 1.00. The monoisotopic (exact) mass is 208 g/mol. The standard InChI is InChI=1S/C10H16N4O/c1-10(2,3)14-9(15)13-8-7(11)5-4-6-12-8/h4-6H,11H2,1-3H3,(H2,12,13,14,15). The number of nitrogen functional groups attached to an aromatic ring is 1. The quantitative estimate of drug-likeness (QED) is 0.655. The third-order valence-corrected chi connectivity index (χ3v) is 1.56. The minimum absolute atomic E-state index is 0.284. The summed E-state index contributed by atoms with van der Waals surface area (Å²) in [5, 5.41) is 5.33. The van der Waals surface area contributed by atoms with Crippen molar-refractivity contribution < 1.29 is 4.79 Å². The Morgan fingerprint density at radius 2 is 2.13 bits per heavy atom. The summed E-state index contributed by atoms with van der Waals surface area (Å²) in [6, 6.07) is 3.08. The molecule has 5 nitrogen and oxygen atoms in total.